The molecular weight excluding hydrogens is 528 g/mol. The molecule has 13 nitrogen and oxygen atoms in total. The summed E-state index contributed by atoms with van der Waals surface area (Å²) in [6, 6.07) is 5.32. The predicted octanol–water partition coefficient (Wildman–Crippen LogP) is 1.55. The lowest BCUT2D eigenvalue weighted by Crippen LogP contribution is -2.82. The van der Waals surface area contributed by atoms with Crippen LogP contribution in [-0.4, -0.2) is 94.5 Å². The summed E-state index contributed by atoms with van der Waals surface area (Å²) in [4.78, 5) is 44.4. The van der Waals surface area contributed by atoms with E-state index >= 15 is 0 Å². The summed E-state index contributed by atoms with van der Waals surface area (Å²) < 4.78 is 10.9. The zero-order chi connectivity index (χ0) is 28.8. The minimum Gasteiger partial charge on any atom is -0.464 e. The number of nitrogens with zero attached hydrogens (tertiary/aromatic N) is 3. The van der Waals surface area contributed by atoms with Crippen molar-refractivity contribution in [3.8, 4) is 0 Å². The second-order valence-corrected chi connectivity index (χ2v) is 10.7. The van der Waals surface area contributed by atoms with Crippen LogP contribution in [0, 0.1) is 10.1 Å². The van der Waals surface area contributed by atoms with Gasteiger partial charge in [0.1, 0.15) is 0 Å². The number of fused-ring (bicyclic) bond motifs is 1. The fourth-order valence-electron chi connectivity index (χ4n) is 5.06. The number of aliphatic imine (C=N–C) groups is 1. The molecule has 2 heterocycles. The number of nitrogens with one attached hydrogen (secondary N) is 3. The van der Waals surface area contributed by atoms with Crippen molar-refractivity contribution in [1.29, 1.82) is 0 Å². The van der Waals surface area contributed by atoms with Crippen LogP contribution in [0.25, 0.3) is 0 Å². The van der Waals surface area contributed by atoms with E-state index in [2.05, 4.69) is 20.9 Å². The summed E-state index contributed by atoms with van der Waals surface area (Å²) in [5.41, 5.74) is -3.37. The molecule has 1 aromatic carbocycles. The number of carbonyl (C=O) groups excluding carboxylic acids is 2. The zero-order valence-corrected chi connectivity index (χ0v) is 23.7. The Labute approximate surface area is 232 Å². The van der Waals surface area contributed by atoms with E-state index in [1.54, 1.807) is 26.8 Å². The molecule has 1 fully saturated rings. The molecule has 216 valence electrons. The third kappa shape index (κ3) is 5.83. The number of benzene rings is 1. The number of nitro groups is 1. The number of nitro benzene ring substituents is 1. The van der Waals surface area contributed by atoms with Gasteiger partial charge in [0.05, 0.1) is 36.7 Å². The minimum atomic E-state index is -1.73. The smallest absolute Gasteiger partial charge is 0.413 e. The average Bonchev–Trinajstić information content (AvgIpc) is 3.31. The molecule has 3 rings (SSSR count). The van der Waals surface area contributed by atoms with Gasteiger partial charge in [0.25, 0.3) is 5.69 Å². The monoisotopic (exact) mass is 566 g/mol. The number of aliphatic hydroxyl groups excluding tert-OH is 1. The summed E-state index contributed by atoms with van der Waals surface area (Å²) in [5, 5.41) is 31.7. The van der Waals surface area contributed by atoms with Gasteiger partial charge in [-0.1, -0.05) is 26.0 Å². The molecule has 0 aliphatic carbocycles. The highest BCUT2D eigenvalue weighted by Crippen LogP contribution is 2.49. The van der Waals surface area contributed by atoms with Gasteiger partial charge in [-0.2, -0.15) is 11.8 Å². The van der Waals surface area contributed by atoms with Crippen LogP contribution >= 0.6 is 11.8 Å². The molecule has 1 amide bonds. The number of ether oxygens (including phenoxy) is 2. The molecule has 0 aromatic heterocycles. The number of thioether (sulfide) groups is 1. The highest BCUT2D eigenvalue weighted by Gasteiger charge is 2.72. The van der Waals surface area contributed by atoms with E-state index in [9.17, 15) is 24.8 Å². The van der Waals surface area contributed by atoms with Crippen molar-refractivity contribution in [2.75, 3.05) is 31.3 Å². The molecule has 1 aromatic rings. The van der Waals surface area contributed by atoms with E-state index in [0.717, 1.165) is 0 Å². The minimum absolute atomic E-state index is 0.0582. The maximum atomic E-state index is 13.7. The van der Waals surface area contributed by atoms with E-state index in [4.69, 9.17) is 9.47 Å². The first kappa shape index (κ1) is 30.6. The number of hydrogen-bond acceptors (Lipinski definition) is 12. The number of esters is 1. The Morgan fingerprint density at radius 1 is 1.31 bits per heavy atom. The van der Waals surface area contributed by atoms with Crippen molar-refractivity contribution in [2.45, 2.75) is 70.2 Å². The molecule has 2 aliphatic heterocycles. The number of hydrogen-bond donors (Lipinski definition) is 4. The molecule has 0 saturated carbocycles. The fourth-order valence-corrected chi connectivity index (χ4v) is 6.05. The molecule has 39 heavy (non-hydrogen) atoms. The van der Waals surface area contributed by atoms with Crippen LogP contribution in [0.1, 0.15) is 40.2 Å². The number of non-ortho nitro benzene ring substituents is 1. The van der Waals surface area contributed by atoms with Gasteiger partial charge in [0, 0.05) is 47.8 Å². The highest BCUT2D eigenvalue weighted by molar-refractivity contribution is 7.99. The van der Waals surface area contributed by atoms with Gasteiger partial charge in [0.2, 0.25) is 5.54 Å². The third-order valence-corrected chi connectivity index (χ3v) is 7.88. The van der Waals surface area contributed by atoms with Crippen molar-refractivity contribution < 1.29 is 29.1 Å². The maximum Gasteiger partial charge on any atom is 0.413 e. The Bertz CT molecular complexity index is 1080. The lowest BCUT2D eigenvalue weighted by Gasteiger charge is -2.57. The van der Waals surface area contributed by atoms with Crippen molar-refractivity contribution in [3.05, 3.63) is 39.9 Å². The van der Waals surface area contributed by atoms with Gasteiger partial charge in [-0.3, -0.25) is 25.3 Å². The summed E-state index contributed by atoms with van der Waals surface area (Å²) in [6.07, 6.45) is -0.739. The fraction of sp³-hybridized carbons (Fsp3) is 0.640. The standard InChI is InChI=1S/C25H38N6O7S/c1-6-37-22(33)24-17(5)29-21(14-39-13-20(32)12-26-16(3)4)30(23(34)38-7-2)25(24,28-15-27-24)18-9-8-10-19(11-18)31(35)36/h8-11,15-17,20-21,26,29,32H,6-7,12-14H2,1-5H3,(H,27,28). The summed E-state index contributed by atoms with van der Waals surface area (Å²) in [7, 11) is 0. The van der Waals surface area contributed by atoms with Crippen molar-refractivity contribution in [2.24, 2.45) is 4.99 Å². The molecular formula is C25H38N6O7S. The van der Waals surface area contributed by atoms with Gasteiger partial charge in [0.15, 0.2) is 5.66 Å². The van der Waals surface area contributed by atoms with Crippen molar-refractivity contribution in [3.63, 3.8) is 0 Å². The lowest BCUT2D eigenvalue weighted by molar-refractivity contribution is -0.385. The topological polar surface area (TPSA) is 168 Å². The second kappa shape index (κ2) is 12.9. The van der Waals surface area contributed by atoms with E-state index < -0.39 is 46.5 Å². The van der Waals surface area contributed by atoms with Crippen LogP contribution in [0.3, 0.4) is 0 Å². The molecule has 0 radical (unpaired) electrons. The number of aliphatic hydroxyl groups is 1. The van der Waals surface area contributed by atoms with Gasteiger partial charge in [-0.15, -0.1) is 0 Å². The molecule has 5 unspecified atom stereocenters. The number of rotatable bonds is 12. The molecule has 2 aliphatic rings. The Morgan fingerprint density at radius 2 is 2.03 bits per heavy atom. The molecule has 0 bridgehead atoms. The van der Waals surface area contributed by atoms with E-state index in [0.29, 0.717) is 18.1 Å². The Morgan fingerprint density at radius 3 is 2.67 bits per heavy atom. The van der Waals surface area contributed by atoms with Crippen LogP contribution in [0.15, 0.2) is 29.3 Å². The first-order valence-corrected chi connectivity index (χ1v) is 14.1. The normalized spacial score (nSPS) is 26.6. The van der Waals surface area contributed by atoms with Crippen LogP contribution in [0.4, 0.5) is 10.5 Å². The molecule has 4 N–H and O–H groups in total. The SMILES string of the molecule is CCOC(=O)N1C(CSCC(O)CNC(C)C)NC(C)C2(C(=O)OCC)N=CNC12c1cccc([N+](=O)[O-])c1. The number of carbonyl (C=O) groups is 2. The Hall–Kier alpha value is -2.94. The van der Waals surface area contributed by atoms with Crippen LogP contribution < -0.4 is 16.0 Å². The summed E-state index contributed by atoms with van der Waals surface area (Å²) >= 11 is 1.42. The Kier molecular flexibility index (Phi) is 10.2. The predicted molar refractivity (Wildman–Crippen MR) is 147 cm³/mol. The van der Waals surface area contributed by atoms with Gasteiger partial charge < -0.3 is 25.2 Å². The average molecular weight is 567 g/mol. The van der Waals surface area contributed by atoms with Crippen LogP contribution in [0.5, 0.6) is 0 Å². The van der Waals surface area contributed by atoms with E-state index in [1.807, 2.05) is 13.8 Å². The number of amides is 1. The lowest BCUT2D eigenvalue weighted by atomic mass is 9.72. The largest absolute Gasteiger partial charge is 0.464 e. The third-order valence-electron chi connectivity index (χ3n) is 6.71. The molecule has 14 heteroatoms. The van der Waals surface area contributed by atoms with E-state index in [1.165, 1.54) is 41.2 Å². The highest BCUT2D eigenvalue weighted by atomic mass is 32.2. The van der Waals surface area contributed by atoms with E-state index in [-0.39, 0.29) is 30.5 Å². The first-order valence-electron chi connectivity index (χ1n) is 13.0. The van der Waals surface area contributed by atoms with Crippen molar-refractivity contribution in [1.82, 2.24) is 20.9 Å². The zero-order valence-electron chi connectivity index (χ0n) is 22.9. The van der Waals surface area contributed by atoms with Gasteiger partial charge >= 0.3 is 12.1 Å². The van der Waals surface area contributed by atoms with Gasteiger partial charge in [-0.05, 0) is 20.8 Å². The maximum absolute atomic E-state index is 13.7. The molecule has 5 atom stereocenters. The summed E-state index contributed by atoms with van der Waals surface area (Å²) in [6.45, 7) is 9.61. The quantitative estimate of drug-likeness (QED) is 0.165. The van der Waals surface area contributed by atoms with Crippen molar-refractivity contribution >= 4 is 35.9 Å². The molecule has 1 saturated heterocycles. The first-order chi connectivity index (χ1) is 18.5. The second-order valence-electron chi connectivity index (χ2n) is 9.63. The molecule has 0 spiro atoms. The summed E-state index contributed by atoms with van der Waals surface area (Å²) in [5.74, 6) is 0.00659. The Balaban J connectivity index is 2.11. The van der Waals surface area contributed by atoms with Crippen LogP contribution in [0.2, 0.25) is 0 Å². The van der Waals surface area contributed by atoms with Crippen LogP contribution in [-0.2, 0) is 19.9 Å². The van der Waals surface area contributed by atoms with Gasteiger partial charge in [-0.25, -0.2) is 9.59 Å².